The van der Waals surface area contributed by atoms with Crippen molar-refractivity contribution in [1.82, 2.24) is 10.2 Å². The molecule has 3 rings (SSSR count). The minimum absolute atomic E-state index is 0.000477. The van der Waals surface area contributed by atoms with Crippen LogP contribution in [0.25, 0.3) is 0 Å². The molecule has 1 N–H and O–H groups in total. The fraction of sp³-hybridized carbons (Fsp3) is 0.417. The van der Waals surface area contributed by atoms with Crippen molar-refractivity contribution in [3.8, 4) is 11.5 Å². The van der Waals surface area contributed by atoms with E-state index in [4.69, 9.17) is 9.47 Å². The lowest BCUT2D eigenvalue weighted by molar-refractivity contribution is 0.0697. The highest BCUT2D eigenvalue weighted by Crippen LogP contribution is 2.28. The van der Waals surface area contributed by atoms with Gasteiger partial charge in [0.25, 0.3) is 11.8 Å². The Labute approximate surface area is 178 Å². The number of methoxy groups -OCH3 is 2. The number of piperidine rings is 1. The lowest BCUT2D eigenvalue weighted by Crippen LogP contribution is -2.46. The highest BCUT2D eigenvalue weighted by atomic mass is 16.5. The summed E-state index contributed by atoms with van der Waals surface area (Å²) in [6.45, 7) is 5.49. The Morgan fingerprint density at radius 1 is 0.967 bits per heavy atom. The molecule has 1 aliphatic rings. The van der Waals surface area contributed by atoms with E-state index >= 15 is 0 Å². The minimum atomic E-state index is -0.224. The van der Waals surface area contributed by atoms with Crippen LogP contribution in [-0.4, -0.2) is 50.1 Å². The first-order chi connectivity index (χ1) is 14.4. The monoisotopic (exact) mass is 410 g/mol. The third kappa shape index (κ3) is 4.75. The quantitative estimate of drug-likeness (QED) is 0.785. The summed E-state index contributed by atoms with van der Waals surface area (Å²) in [5, 5.41) is 3.07. The van der Waals surface area contributed by atoms with Crippen LogP contribution in [0, 0.1) is 0 Å². The van der Waals surface area contributed by atoms with Gasteiger partial charge in [-0.25, -0.2) is 0 Å². The molecule has 0 aromatic heterocycles. The number of carbonyl (C=O) groups excluding carboxylic acids is 2. The number of benzene rings is 2. The number of hydrogen-bond acceptors (Lipinski definition) is 4. The predicted octanol–water partition coefficient (Wildman–Crippen LogP) is 3.86. The molecule has 2 aromatic carbocycles. The maximum atomic E-state index is 12.8. The molecule has 160 valence electrons. The van der Waals surface area contributed by atoms with Crippen molar-refractivity contribution in [3.05, 3.63) is 59.2 Å². The molecular formula is C24H30N2O4. The highest BCUT2D eigenvalue weighted by Gasteiger charge is 2.27. The molecule has 0 bridgehead atoms. The SMILES string of the molecule is COc1cccc(OC)c1C(=O)NC1CCN(C(=O)c2ccc(C(C)C)cc2)CC1. The van der Waals surface area contributed by atoms with E-state index in [2.05, 4.69) is 19.2 Å². The number of nitrogens with zero attached hydrogens (tertiary/aromatic N) is 1. The van der Waals surface area contributed by atoms with E-state index in [1.807, 2.05) is 29.2 Å². The van der Waals surface area contributed by atoms with Gasteiger partial charge in [0.05, 0.1) is 14.2 Å². The Hall–Kier alpha value is -3.02. The van der Waals surface area contributed by atoms with Crippen molar-refractivity contribution in [2.75, 3.05) is 27.3 Å². The van der Waals surface area contributed by atoms with Gasteiger partial charge < -0.3 is 19.7 Å². The third-order valence-corrected chi connectivity index (χ3v) is 5.60. The van der Waals surface area contributed by atoms with Crippen LogP contribution in [0.1, 0.15) is 58.9 Å². The van der Waals surface area contributed by atoms with Crippen LogP contribution < -0.4 is 14.8 Å². The predicted molar refractivity (Wildman–Crippen MR) is 116 cm³/mol. The van der Waals surface area contributed by atoms with Gasteiger partial charge in [-0.2, -0.15) is 0 Å². The van der Waals surface area contributed by atoms with Gasteiger partial charge in [-0.15, -0.1) is 0 Å². The van der Waals surface area contributed by atoms with Gasteiger partial charge in [-0.05, 0) is 48.6 Å². The standard InChI is InChI=1S/C24H30N2O4/c1-16(2)17-8-10-18(11-9-17)24(28)26-14-12-19(13-15-26)25-23(27)22-20(29-3)6-5-7-21(22)30-4/h5-11,16,19H,12-15H2,1-4H3,(H,25,27). The molecule has 1 saturated heterocycles. The molecule has 6 heteroatoms. The summed E-state index contributed by atoms with van der Waals surface area (Å²) < 4.78 is 10.6. The first-order valence-corrected chi connectivity index (χ1v) is 10.4. The van der Waals surface area contributed by atoms with Crippen LogP contribution in [0.3, 0.4) is 0 Å². The Kier molecular flexibility index (Phi) is 6.98. The average molecular weight is 411 g/mol. The van der Waals surface area contributed by atoms with Gasteiger partial charge >= 0.3 is 0 Å². The zero-order valence-corrected chi connectivity index (χ0v) is 18.1. The van der Waals surface area contributed by atoms with E-state index in [1.165, 1.54) is 19.8 Å². The number of nitrogens with one attached hydrogen (secondary N) is 1. The molecule has 0 atom stereocenters. The number of carbonyl (C=O) groups is 2. The van der Waals surface area contributed by atoms with Crippen LogP contribution in [0.5, 0.6) is 11.5 Å². The van der Waals surface area contributed by atoms with Gasteiger partial charge in [-0.3, -0.25) is 9.59 Å². The van der Waals surface area contributed by atoms with Crippen LogP contribution in [0.15, 0.2) is 42.5 Å². The van der Waals surface area contributed by atoms with E-state index in [-0.39, 0.29) is 17.9 Å². The molecule has 0 aliphatic carbocycles. The highest BCUT2D eigenvalue weighted by molar-refractivity contribution is 6.00. The molecule has 0 unspecified atom stereocenters. The molecule has 0 radical (unpaired) electrons. The number of likely N-dealkylation sites (tertiary alicyclic amines) is 1. The van der Waals surface area contributed by atoms with Crippen molar-refractivity contribution in [2.45, 2.75) is 38.6 Å². The lowest BCUT2D eigenvalue weighted by Gasteiger charge is -2.32. The van der Waals surface area contributed by atoms with E-state index in [0.29, 0.717) is 54.5 Å². The van der Waals surface area contributed by atoms with E-state index < -0.39 is 0 Å². The van der Waals surface area contributed by atoms with Crippen LogP contribution >= 0.6 is 0 Å². The zero-order valence-electron chi connectivity index (χ0n) is 18.1. The van der Waals surface area contributed by atoms with E-state index in [9.17, 15) is 9.59 Å². The Morgan fingerprint density at radius 2 is 1.53 bits per heavy atom. The molecule has 2 aromatic rings. The first-order valence-electron chi connectivity index (χ1n) is 10.4. The largest absolute Gasteiger partial charge is 0.496 e. The topological polar surface area (TPSA) is 67.9 Å². The summed E-state index contributed by atoms with van der Waals surface area (Å²) in [7, 11) is 3.06. The maximum Gasteiger partial charge on any atom is 0.259 e. The van der Waals surface area contributed by atoms with Gasteiger partial charge in [-0.1, -0.05) is 32.0 Å². The first kappa shape index (κ1) is 21.7. The second-order valence-electron chi connectivity index (χ2n) is 7.85. The Bertz CT molecular complexity index is 862. The fourth-order valence-electron chi connectivity index (χ4n) is 3.75. The van der Waals surface area contributed by atoms with E-state index in [1.54, 1.807) is 18.2 Å². The second-order valence-corrected chi connectivity index (χ2v) is 7.85. The van der Waals surface area contributed by atoms with Crippen molar-refractivity contribution >= 4 is 11.8 Å². The van der Waals surface area contributed by atoms with Gasteiger partial charge in [0.15, 0.2) is 0 Å². The molecule has 0 spiro atoms. The molecule has 30 heavy (non-hydrogen) atoms. The van der Waals surface area contributed by atoms with Crippen LogP contribution in [0.2, 0.25) is 0 Å². The van der Waals surface area contributed by atoms with Crippen molar-refractivity contribution in [2.24, 2.45) is 0 Å². The van der Waals surface area contributed by atoms with Gasteiger partial charge in [0.2, 0.25) is 0 Å². The van der Waals surface area contributed by atoms with Gasteiger partial charge in [0, 0.05) is 24.7 Å². The van der Waals surface area contributed by atoms with Gasteiger partial charge in [0.1, 0.15) is 17.1 Å². The van der Waals surface area contributed by atoms with Crippen molar-refractivity contribution in [1.29, 1.82) is 0 Å². The third-order valence-electron chi connectivity index (χ3n) is 5.60. The molecule has 0 saturated carbocycles. The summed E-state index contributed by atoms with van der Waals surface area (Å²) in [4.78, 5) is 27.5. The summed E-state index contributed by atoms with van der Waals surface area (Å²) >= 11 is 0. The number of hydrogen-bond donors (Lipinski definition) is 1. The smallest absolute Gasteiger partial charge is 0.259 e. The summed E-state index contributed by atoms with van der Waals surface area (Å²) in [5.41, 5.74) is 2.33. The van der Waals surface area contributed by atoms with Crippen molar-refractivity contribution < 1.29 is 19.1 Å². The molecular weight excluding hydrogens is 380 g/mol. The second kappa shape index (κ2) is 9.65. The maximum absolute atomic E-state index is 12.8. The Morgan fingerprint density at radius 3 is 2.03 bits per heavy atom. The molecule has 1 heterocycles. The fourth-order valence-corrected chi connectivity index (χ4v) is 3.75. The lowest BCUT2D eigenvalue weighted by atomic mass is 10.00. The number of amides is 2. The van der Waals surface area contributed by atoms with Crippen molar-refractivity contribution in [3.63, 3.8) is 0 Å². The molecule has 1 fully saturated rings. The Balaban J connectivity index is 1.59. The zero-order chi connectivity index (χ0) is 21.7. The average Bonchev–Trinajstić information content (AvgIpc) is 2.78. The number of ether oxygens (including phenoxy) is 2. The molecule has 2 amide bonds. The molecule has 1 aliphatic heterocycles. The normalized spacial score (nSPS) is 14.5. The van der Waals surface area contributed by atoms with Crippen LogP contribution in [-0.2, 0) is 0 Å². The van der Waals surface area contributed by atoms with E-state index in [0.717, 1.165) is 0 Å². The summed E-state index contributed by atoms with van der Waals surface area (Å²) in [5.74, 6) is 1.21. The molecule has 6 nitrogen and oxygen atoms in total. The van der Waals surface area contributed by atoms with Crippen LogP contribution in [0.4, 0.5) is 0 Å². The summed E-state index contributed by atoms with van der Waals surface area (Å²) in [6, 6.07) is 13.1. The minimum Gasteiger partial charge on any atom is -0.496 e. The summed E-state index contributed by atoms with van der Waals surface area (Å²) in [6.07, 6.45) is 1.41. The number of rotatable bonds is 6.